The fourth-order valence-electron chi connectivity index (χ4n) is 5.33. The van der Waals surface area contributed by atoms with Crippen molar-refractivity contribution in [2.75, 3.05) is 18.8 Å². The lowest BCUT2D eigenvalue weighted by Gasteiger charge is -2.11. The molecular weight excluding hydrogens is 701 g/mol. The molecule has 15 nitrogen and oxygen atoms in total. The number of rotatable bonds is 32. The van der Waals surface area contributed by atoms with Gasteiger partial charge in [-0.15, -0.1) is 0 Å². The van der Waals surface area contributed by atoms with E-state index in [4.69, 9.17) is 5.11 Å². The molecule has 2 amide bonds. The van der Waals surface area contributed by atoms with Crippen molar-refractivity contribution < 1.29 is 46.4 Å². The van der Waals surface area contributed by atoms with Gasteiger partial charge in [-0.3, -0.25) is 19.7 Å². The Balaban J connectivity index is 1.96. The quantitative estimate of drug-likeness (QED) is 0.0243. The molecule has 7 N–H and O–H groups in total. The molecule has 1 rings (SSSR count). The summed E-state index contributed by atoms with van der Waals surface area (Å²) in [6, 6.07) is 4.76. The van der Waals surface area contributed by atoms with Crippen LogP contribution in [0.4, 0.5) is 0 Å². The molecule has 0 radical (unpaired) electrons. The Hall–Kier alpha value is -3.06. The first-order chi connectivity index (χ1) is 24.3. The second kappa shape index (κ2) is 26.7. The van der Waals surface area contributed by atoms with Crippen molar-refractivity contribution in [1.82, 2.24) is 20.2 Å². The van der Waals surface area contributed by atoms with Crippen molar-refractivity contribution in [2.24, 2.45) is 5.10 Å². The summed E-state index contributed by atoms with van der Waals surface area (Å²) < 4.78 is 53.8. The molecule has 0 bridgehead atoms. The molecule has 0 saturated carbocycles. The van der Waals surface area contributed by atoms with E-state index in [0.29, 0.717) is 38.8 Å². The highest BCUT2D eigenvalue weighted by molar-refractivity contribution is 7.90. The number of carboxylic acid groups (broad SMARTS) is 1. The minimum absolute atomic E-state index is 0.00163. The number of amides is 2. The van der Waals surface area contributed by atoms with Crippen molar-refractivity contribution in [3.63, 3.8) is 0 Å². The fourth-order valence-corrected chi connectivity index (χ4v) is 7.53. The Labute approximate surface area is 304 Å². The van der Waals surface area contributed by atoms with Crippen LogP contribution in [0.5, 0.6) is 0 Å². The lowest BCUT2D eigenvalue weighted by Crippen LogP contribution is -2.33. The molecule has 0 fully saturated rings. The molecule has 290 valence electrons. The third-order valence-corrected chi connectivity index (χ3v) is 11.0. The van der Waals surface area contributed by atoms with Crippen molar-refractivity contribution >= 4 is 57.1 Å². The summed E-state index contributed by atoms with van der Waals surface area (Å²) in [5.74, 6) is -2.20. The average Bonchev–Trinajstić information content (AvgIpc) is 3.07. The maximum absolute atomic E-state index is 12.4. The van der Waals surface area contributed by atoms with Crippen LogP contribution in [0.3, 0.4) is 0 Å². The lowest BCUT2D eigenvalue weighted by atomic mass is 9.80. The van der Waals surface area contributed by atoms with Gasteiger partial charge in [-0.1, -0.05) is 82.8 Å². The van der Waals surface area contributed by atoms with E-state index in [9.17, 15) is 41.3 Å². The van der Waals surface area contributed by atoms with Gasteiger partial charge in [0.2, 0.25) is 31.9 Å². The van der Waals surface area contributed by atoms with E-state index in [0.717, 1.165) is 77.0 Å². The summed E-state index contributed by atoms with van der Waals surface area (Å²) in [4.78, 5) is 35.1. The fraction of sp³-hybridized carbons (Fsp3) is 0.697. The zero-order valence-electron chi connectivity index (χ0n) is 29.7. The third-order valence-electron chi connectivity index (χ3n) is 8.21. The van der Waals surface area contributed by atoms with Crippen molar-refractivity contribution in [3.05, 3.63) is 24.3 Å². The van der Waals surface area contributed by atoms with E-state index in [-0.39, 0.29) is 41.3 Å². The van der Waals surface area contributed by atoms with Crippen molar-refractivity contribution in [1.29, 1.82) is 0 Å². The van der Waals surface area contributed by atoms with Crippen LogP contribution in [0.2, 0.25) is 0 Å². The number of hydrogen-bond donors (Lipinski definition) is 7. The summed E-state index contributed by atoms with van der Waals surface area (Å²) in [5, 5.41) is 33.6. The van der Waals surface area contributed by atoms with Gasteiger partial charge in [0.05, 0.1) is 10.6 Å². The van der Waals surface area contributed by atoms with Crippen molar-refractivity contribution in [2.45, 2.75) is 133 Å². The maximum atomic E-state index is 12.4. The summed E-state index contributed by atoms with van der Waals surface area (Å²) in [7, 11) is -9.23. The van der Waals surface area contributed by atoms with Gasteiger partial charge in [0.25, 0.3) is 0 Å². The second-order valence-corrected chi connectivity index (χ2v) is 16.3. The predicted molar refractivity (Wildman–Crippen MR) is 198 cm³/mol. The van der Waals surface area contributed by atoms with Crippen molar-refractivity contribution in [3.8, 4) is 0 Å². The van der Waals surface area contributed by atoms with E-state index >= 15 is 0 Å². The molecule has 0 aliphatic carbocycles. The number of nitrogens with one attached hydrogen (secondary N) is 4. The van der Waals surface area contributed by atoms with Crippen LogP contribution in [0, 0.1) is 0 Å². The number of carboxylic acids is 1. The van der Waals surface area contributed by atoms with E-state index in [1.807, 2.05) is 0 Å². The molecule has 1 atom stereocenters. The molecule has 0 aliphatic heterocycles. The van der Waals surface area contributed by atoms with Gasteiger partial charge >= 0.3 is 13.1 Å². The molecule has 0 heterocycles. The van der Waals surface area contributed by atoms with Gasteiger partial charge in [-0.05, 0) is 56.1 Å². The number of hydrazone groups is 1. The number of unbranched alkanes of at least 4 members (excludes halogenated alkanes) is 13. The standard InChI is InChI=1S/C33H58BN5O10S2/c1-35-38-30(33(42)43)21-14-16-24-36-31(40)23-18-26-50(46,47)39-32(41)22-13-11-9-7-5-3-2-4-6-8-10-12-15-25-37-51(48,49)29-20-17-19-28(27-29)34(44)45/h17,19-20,27,30,37-38,44-45H,1-16,18,21-26H2,(H,36,40)(H,39,41)(H,42,43)/t30-/m0/s1. The van der Waals surface area contributed by atoms with Crippen LogP contribution < -0.4 is 25.6 Å². The minimum atomic E-state index is -3.81. The predicted octanol–water partition coefficient (Wildman–Crippen LogP) is 2.28. The van der Waals surface area contributed by atoms with Crippen LogP contribution in [0.25, 0.3) is 0 Å². The van der Waals surface area contributed by atoms with E-state index in [1.165, 1.54) is 24.3 Å². The Bertz CT molecular complexity index is 1400. The number of carbonyl (C=O) groups is 3. The van der Waals surface area contributed by atoms with Gasteiger partial charge in [0.1, 0.15) is 6.04 Å². The molecule has 1 aromatic rings. The summed E-state index contributed by atoms with van der Waals surface area (Å²) in [6.45, 7) is 3.88. The Morgan fingerprint density at radius 2 is 1.29 bits per heavy atom. The number of carbonyl (C=O) groups excluding carboxylic acids is 2. The highest BCUT2D eigenvalue weighted by Gasteiger charge is 2.18. The molecule has 0 aromatic heterocycles. The number of nitrogens with zero attached hydrogens (tertiary/aromatic N) is 1. The van der Waals surface area contributed by atoms with E-state index in [2.05, 4.69) is 32.0 Å². The maximum Gasteiger partial charge on any atom is 0.488 e. The van der Waals surface area contributed by atoms with Crippen LogP contribution in [0.1, 0.15) is 122 Å². The number of aliphatic carboxylic acids is 1. The van der Waals surface area contributed by atoms with E-state index < -0.39 is 45.1 Å². The number of hydrogen-bond acceptors (Lipinski definition) is 11. The first kappa shape index (κ1) is 46.0. The monoisotopic (exact) mass is 759 g/mol. The molecule has 1 aromatic carbocycles. The zero-order chi connectivity index (χ0) is 38.0. The number of benzene rings is 1. The third kappa shape index (κ3) is 23.2. The molecular formula is C33H58BN5O10S2. The Morgan fingerprint density at radius 1 is 0.745 bits per heavy atom. The lowest BCUT2D eigenvalue weighted by molar-refractivity contribution is -0.139. The molecule has 0 saturated heterocycles. The van der Waals surface area contributed by atoms with Crippen LogP contribution in [-0.2, 0) is 34.4 Å². The Kier molecular flexibility index (Phi) is 24.0. The summed E-state index contributed by atoms with van der Waals surface area (Å²) in [5.41, 5.74) is 2.53. The zero-order valence-corrected chi connectivity index (χ0v) is 31.3. The SMILES string of the molecule is C=NN[C@@H](CCCCNC(=O)CCCS(=O)(=O)NC(=O)CCCCCCCCCCCCCCCNS(=O)(=O)c1cccc(B(O)O)c1)C(=O)O. The summed E-state index contributed by atoms with van der Waals surface area (Å²) >= 11 is 0. The summed E-state index contributed by atoms with van der Waals surface area (Å²) in [6.07, 6.45) is 14.7. The molecule has 0 unspecified atom stereocenters. The smallest absolute Gasteiger partial charge is 0.480 e. The van der Waals surface area contributed by atoms with Gasteiger partial charge < -0.3 is 20.5 Å². The van der Waals surface area contributed by atoms with Crippen LogP contribution >= 0.6 is 0 Å². The van der Waals surface area contributed by atoms with Gasteiger partial charge in [-0.2, -0.15) is 5.10 Å². The minimum Gasteiger partial charge on any atom is -0.480 e. The first-order valence-electron chi connectivity index (χ1n) is 18.0. The second-order valence-electron chi connectivity index (χ2n) is 12.7. The highest BCUT2D eigenvalue weighted by atomic mass is 32.2. The normalized spacial score (nSPS) is 12.2. The molecule has 0 spiro atoms. The van der Waals surface area contributed by atoms with E-state index in [1.54, 1.807) is 0 Å². The molecule has 18 heteroatoms. The van der Waals surface area contributed by atoms with Gasteiger partial charge in [0, 0.05) is 32.6 Å². The Morgan fingerprint density at radius 3 is 1.86 bits per heavy atom. The highest BCUT2D eigenvalue weighted by Crippen LogP contribution is 2.14. The largest absolute Gasteiger partial charge is 0.488 e. The average molecular weight is 760 g/mol. The molecule has 0 aliphatic rings. The molecule has 51 heavy (non-hydrogen) atoms. The van der Waals surface area contributed by atoms with Crippen LogP contribution in [-0.4, -0.2) is 88.5 Å². The van der Waals surface area contributed by atoms with Crippen LogP contribution in [0.15, 0.2) is 34.3 Å². The topological polar surface area (TPSA) is 241 Å². The number of sulfonamides is 2. The van der Waals surface area contributed by atoms with Gasteiger partial charge in [-0.25, -0.2) is 26.4 Å². The first-order valence-corrected chi connectivity index (χ1v) is 21.1. The van der Waals surface area contributed by atoms with Gasteiger partial charge in [0.15, 0.2) is 0 Å².